The predicted molar refractivity (Wildman–Crippen MR) is 59.0 cm³/mol. The molecule has 1 saturated heterocycles. The molecule has 1 rings (SSSR count). The number of nitrogens with zero attached hydrogens (tertiary/aromatic N) is 1. The summed E-state index contributed by atoms with van der Waals surface area (Å²) in [6, 6.07) is -0.203. The van der Waals surface area contributed by atoms with Crippen molar-refractivity contribution in [1.82, 2.24) is 10.2 Å². The molecule has 7 heteroatoms. The Morgan fingerprint density at radius 3 is 2.76 bits per heavy atom. The number of hydrogen-bond donors (Lipinski definition) is 3. The Kier molecular flexibility index (Phi) is 5.73. The van der Waals surface area contributed by atoms with Crippen molar-refractivity contribution in [2.45, 2.75) is 18.9 Å². The second-order valence-corrected chi connectivity index (χ2v) is 4.32. The zero-order valence-electron chi connectivity index (χ0n) is 9.61. The van der Waals surface area contributed by atoms with Gasteiger partial charge in [-0.05, 0) is 6.42 Å². The van der Waals surface area contributed by atoms with Crippen LogP contribution >= 0.6 is 0 Å². The number of nitrogens with one attached hydrogen (secondary N) is 1. The van der Waals surface area contributed by atoms with E-state index in [-0.39, 0.29) is 6.04 Å². The first kappa shape index (κ1) is 14.3. The first-order valence-electron chi connectivity index (χ1n) is 5.69. The molecule has 0 saturated carbocycles. The van der Waals surface area contributed by atoms with Crippen molar-refractivity contribution in [2.75, 3.05) is 32.7 Å². The van der Waals surface area contributed by atoms with Gasteiger partial charge >= 0.3 is 5.97 Å². The molecule has 1 fully saturated rings. The highest BCUT2D eigenvalue weighted by Crippen LogP contribution is 2.17. The minimum Gasteiger partial charge on any atom is -0.481 e. The molecule has 1 heterocycles. The van der Waals surface area contributed by atoms with Crippen LogP contribution in [-0.4, -0.2) is 61.2 Å². The number of nitrogens with two attached hydrogens (primary N) is 1. The number of rotatable bonds is 6. The summed E-state index contributed by atoms with van der Waals surface area (Å²) >= 11 is 0. The highest BCUT2D eigenvalue weighted by Gasteiger charge is 2.31. The van der Waals surface area contributed by atoms with Crippen LogP contribution in [0.3, 0.4) is 0 Å². The summed E-state index contributed by atoms with van der Waals surface area (Å²) in [4.78, 5) is 12.9. The number of aliphatic carboxylic acids is 1. The summed E-state index contributed by atoms with van der Waals surface area (Å²) in [6.07, 6.45) is -2.02. The third-order valence-corrected chi connectivity index (χ3v) is 2.88. The van der Waals surface area contributed by atoms with Crippen molar-refractivity contribution < 1.29 is 18.7 Å². The Morgan fingerprint density at radius 2 is 2.24 bits per heavy atom. The number of carboxylic acids is 1. The lowest BCUT2D eigenvalue weighted by Crippen LogP contribution is -2.52. The van der Waals surface area contributed by atoms with Crippen LogP contribution in [0.15, 0.2) is 0 Å². The highest BCUT2D eigenvalue weighted by molar-refractivity contribution is 5.70. The van der Waals surface area contributed by atoms with E-state index in [9.17, 15) is 13.6 Å². The Labute approximate surface area is 99.0 Å². The second kappa shape index (κ2) is 6.83. The van der Waals surface area contributed by atoms with E-state index in [0.717, 1.165) is 0 Å². The smallest absolute Gasteiger partial charge is 0.307 e. The van der Waals surface area contributed by atoms with Crippen molar-refractivity contribution in [3.05, 3.63) is 0 Å². The van der Waals surface area contributed by atoms with Gasteiger partial charge in [-0.15, -0.1) is 0 Å². The summed E-state index contributed by atoms with van der Waals surface area (Å²) in [5, 5.41) is 11.7. The first-order valence-corrected chi connectivity index (χ1v) is 5.69. The molecule has 0 amide bonds. The lowest BCUT2D eigenvalue weighted by Gasteiger charge is -2.36. The van der Waals surface area contributed by atoms with Gasteiger partial charge in [-0.3, -0.25) is 9.69 Å². The van der Waals surface area contributed by atoms with Crippen LogP contribution in [0.4, 0.5) is 8.78 Å². The SMILES string of the molecule is NCCN1CC(NCC(F)F)CC(C(=O)O)C1. The van der Waals surface area contributed by atoms with E-state index in [1.165, 1.54) is 0 Å². The average Bonchev–Trinajstić information content (AvgIpc) is 2.26. The number of carbonyl (C=O) groups is 1. The largest absolute Gasteiger partial charge is 0.481 e. The van der Waals surface area contributed by atoms with Crippen LogP contribution < -0.4 is 11.1 Å². The van der Waals surface area contributed by atoms with Gasteiger partial charge in [-0.1, -0.05) is 0 Å². The van der Waals surface area contributed by atoms with E-state index >= 15 is 0 Å². The van der Waals surface area contributed by atoms with Gasteiger partial charge in [-0.25, -0.2) is 8.78 Å². The topological polar surface area (TPSA) is 78.6 Å². The fourth-order valence-electron chi connectivity index (χ4n) is 2.14. The fraction of sp³-hybridized carbons (Fsp3) is 0.900. The Morgan fingerprint density at radius 1 is 1.53 bits per heavy atom. The van der Waals surface area contributed by atoms with Gasteiger partial charge in [-0.2, -0.15) is 0 Å². The molecule has 1 aliphatic heterocycles. The molecule has 5 nitrogen and oxygen atoms in total. The van der Waals surface area contributed by atoms with Crippen LogP contribution in [0.2, 0.25) is 0 Å². The van der Waals surface area contributed by atoms with Crippen LogP contribution in [0.1, 0.15) is 6.42 Å². The van der Waals surface area contributed by atoms with Crippen molar-refractivity contribution in [1.29, 1.82) is 0 Å². The number of carboxylic acid groups (broad SMARTS) is 1. The van der Waals surface area contributed by atoms with Crippen LogP contribution in [0.25, 0.3) is 0 Å². The van der Waals surface area contributed by atoms with E-state index in [4.69, 9.17) is 10.8 Å². The fourth-order valence-corrected chi connectivity index (χ4v) is 2.14. The quantitative estimate of drug-likeness (QED) is 0.597. The second-order valence-electron chi connectivity index (χ2n) is 4.32. The Hall–Kier alpha value is -0.790. The summed E-state index contributed by atoms with van der Waals surface area (Å²) in [5.41, 5.74) is 5.42. The summed E-state index contributed by atoms with van der Waals surface area (Å²) in [6.45, 7) is 1.66. The number of likely N-dealkylation sites (tertiary alicyclic amines) is 1. The van der Waals surface area contributed by atoms with E-state index in [2.05, 4.69) is 5.32 Å². The normalized spacial score (nSPS) is 26.4. The van der Waals surface area contributed by atoms with E-state index < -0.39 is 24.9 Å². The predicted octanol–water partition coefficient (Wildman–Crippen LogP) is -0.425. The minimum atomic E-state index is -2.41. The molecule has 0 aromatic carbocycles. The monoisotopic (exact) mass is 251 g/mol. The van der Waals surface area contributed by atoms with Crippen LogP contribution in [0.5, 0.6) is 0 Å². The maximum atomic E-state index is 12.1. The molecule has 2 unspecified atom stereocenters. The van der Waals surface area contributed by atoms with Gasteiger partial charge in [0.1, 0.15) is 0 Å². The zero-order chi connectivity index (χ0) is 12.8. The minimum absolute atomic E-state index is 0.203. The molecular formula is C10H19F2N3O2. The zero-order valence-corrected chi connectivity index (χ0v) is 9.61. The summed E-state index contributed by atoms with van der Waals surface area (Å²) in [7, 11) is 0. The molecular weight excluding hydrogens is 232 g/mol. The molecule has 0 aromatic rings. The molecule has 2 atom stereocenters. The first-order chi connectivity index (χ1) is 8.02. The summed E-state index contributed by atoms with van der Waals surface area (Å²) in [5.74, 6) is -1.39. The lowest BCUT2D eigenvalue weighted by molar-refractivity contribution is -0.144. The standard InChI is InChI=1S/C10H19F2N3O2/c11-9(12)4-14-8-3-7(10(16)17)5-15(6-8)2-1-13/h7-9,14H,1-6,13H2,(H,16,17). The van der Waals surface area contributed by atoms with Gasteiger partial charge in [0.05, 0.1) is 12.5 Å². The van der Waals surface area contributed by atoms with Gasteiger partial charge < -0.3 is 16.2 Å². The molecule has 4 N–H and O–H groups in total. The van der Waals surface area contributed by atoms with Crippen molar-refractivity contribution >= 4 is 5.97 Å². The van der Waals surface area contributed by atoms with Crippen LogP contribution in [0, 0.1) is 5.92 Å². The van der Waals surface area contributed by atoms with Crippen molar-refractivity contribution in [3.8, 4) is 0 Å². The molecule has 0 aliphatic carbocycles. The molecule has 0 bridgehead atoms. The van der Waals surface area contributed by atoms with Gasteiger partial charge in [0, 0.05) is 32.2 Å². The maximum absolute atomic E-state index is 12.1. The molecule has 0 radical (unpaired) electrons. The number of piperidine rings is 1. The van der Waals surface area contributed by atoms with E-state index in [1.54, 1.807) is 0 Å². The molecule has 1 aliphatic rings. The molecule has 0 spiro atoms. The summed E-state index contributed by atoms with van der Waals surface area (Å²) < 4.78 is 24.2. The molecule has 0 aromatic heterocycles. The van der Waals surface area contributed by atoms with Crippen LogP contribution in [-0.2, 0) is 4.79 Å². The number of halogens is 2. The Balaban J connectivity index is 2.49. The van der Waals surface area contributed by atoms with Gasteiger partial charge in [0.15, 0.2) is 0 Å². The maximum Gasteiger partial charge on any atom is 0.307 e. The Bertz CT molecular complexity index is 254. The third-order valence-electron chi connectivity index (χ3n) is 2.88. The molecule has 100 valence electrons. The lowest BCUT2D eigenvalue weighted by atomic mass is 9.94. The van der Waals surface area contributed by atoms with Crippen molar-refractivity contribution in [2.24, 2.45) is 11.7 Å². The van der Waals surface area contributed by atoms with E-state index in [0.29, 0.717) is 32.6 Å². The average molecular weight is 251 g/mol. The number of hydrogen-bond acceptors (Lipinski definition) is 4. The van der Waals surface area contributed by atoms with Gasteiger partial charge in [0.2, 0.25) is 0 Å². The van der Waals surface area contributed by atoms with Gasteiger partial charge in [0.25, 0.3) is 6.43 Å². The van der Waals surface area contributed by atoms with E-state index in [1.807, 2.05) is 4.90 Å². The molecule has 17 heavy (non-hydrogen) atoms. The number of alkyl halides is 2. The van der Waals surface area contributed by atoms with Crippen molar-refractivity contribution in [3.63, 3.8) is 0 Å². The third kappa shape index (κ3) is 4.93. The highest BCUT2D eigenvalue weighted by atomic mass is 19.3.